The highest BCUT2D eigenvalue weighted by Gasteiger charge is 2.40. The van der Waals surface area contributed by atoms with Crippen LogP contribution in [0.25, 0.3) is 0 Å². The number of nitrogens with zero attached hydrogens (tertiary/aromatic N) is 2. The van der Waals surface area contributed by atoms with Gasteiger partial charge < -0.3 is 15.0 Å². The van der Waals surface area contributed by atoms with Crippen LogP contribution in [0.15, 0.2) is 42.6 Å². The number of amides is 2. The summed E-state index contributed by atoms with van der Waals surface area (Å²) in [5, 5.41) is 28.8. The lowest BCUT2D eigenvalue weighted by atomic mass is 9.74. The largest absolute Gasteiger partial charge is 0.506 e. The molecule has 0 saturated carbocycles. The highest BCUT2D eigenvalue weighted by Crippen LogP contribution is 2.38. The number of hydrogen-bond acceptors (Lipinski definition) is 7. The van der Waals surface area contributed by atoms with Gasteiger partial charge in [0.1, 0.15) is 18.1 Å². The van der Waals surface area contributed by atoms with Gasteiger partial charge >= 0.3 is 6.09 Å². The van der Waals surface area contributed by atoms with Crippen molar-refractivity contribution in [1.82, 2.24) is 20.9 Å². The van der Waals surface area contributed by atoms with Crippen LogP contribution in [-0.4, -0.2) is 49.7 Å². The number of carbonyl (C=O) groups excluding carboxylic acids is 2. The van der Waals surface area contributed by atoms with Crippen molar-refractivity contribution in [3.63, 3.8) is 0 Å². The Bertz CT molecular complexity index is 909. The molecule has 0 saturated heterocycles. The van der Waals surface area contributed by atoms with Crippen LogP contribution in [0.4, 0.5) is 4.79 Å². The first kappa shape index (κ1) is 23.8. The number of carboxylic acid groups (broad SMARTS) is 1. The summed E-state index contributed by atoms with van der Waals surface area (Å²) in [4.78, 5) is 39.6. The molecular weight excluding hydrogens is 404 g/mol. The number of aldehydes is 1. The molecule has 2 atom stereocenters. The predicted molar refractivity (Wildman–Crippen MR) is 110 cm³/mol. The number of rotatable bonds is 8. The zero-order valence-electron chi connectivity index (χ0n) is 17.4. The Hall–Kier alpha value is -3.50. The minimum atomic E-state index is -1.35. The summed E-state index contributed by atoms with van der Waals surface area (Å²) in [6.07, 6.45) is 0.458. The third-order valence-electron chi connectivity index (χ3n) is 4.78. The zero-order chi connectivity index (χ0) is 23.2. The Kier molecular flexibility index (Phi) is 7.67. The Morgan fingerprint density at radius 2 is 1.81 bits per heavy atom. The lowest BCUT2D eigenvalue weighted by Crippen LogP contribution is -2.54. The molecule has 1 heterocycles. The lowest BCUT2D eigenvalue weighted by molar-refractivity contribution is -0.115. The van der Waals surface area contributed by atoms with Gasteiger partial charge in [-0.15, -0.1) is 0 Å². The summed E-state index contributed by atoms with van der Waals surface area (Å²) in [6, 6.07) is 8.03. The Morgan fingerprint density at radius 1 is 1.16 bits per heavy atom. The normalized spacial score (nSPS) is 13.2. The van der Waals surface area contributed by atoms with Crippen molar-refractivity contribution in [1.29, 1.82) is 0 Å². The second kappa shape index (κ2) is 10.0. The van der Waals surface area contributed by atoms with Crippen LogP contribution >= 0.6 is 0 Å². The molecule has 10 nitrogen and oxygen atoms in total. The Labute approximate surface area is 179 Å². The van der Waals surface area contributed by atoms with Crippen LogP contribution in [-0.2, 0) is 11.3 Å². The quantitative estimate of drug-likeness (QED) is 0.243. The van der Waals surface area contributed by atoms with Crippen LogP contribution in [0.3, 0.4) is 0 Å². The number of nitrogens with one attached hydrogen (secondary N) is 2. The third kappa shape index (κ3) is 6.00. The summed E-state index contributed by atoms with van der Waals surface area (Å²) in [5.74, 6) is -1.31. The minimum Gasteiger partial charge on any atom is -0.506 e. The maximum absolute atomic E-state index is 12.1. The molecule has 0 aliphatic rings. The van der Waals surface area contributed by atoms with E-state index in [1.807, 2.05) is 20.8 Å². The summed E-state index contributed by atoms with van der Waals surface area (Å²) in [7, 11) is 0. The van der Waals surface area contributed by atoms with Gasteiger partial charge in [0.15, 0.2) is 0 Å². The van der Waals surface area contributed by atoms with E-state index >= 15 is 0 Å². The van der Waals surface area contributed by atoms with E-state index in [1.54, 1.807) is 18.2 Å². The molecule has 0 radical (unpaired) electrons. The molecule has 0 aliphatic carbocycles. The number of hydrazine groups is 1. The van der Waals surface area contributed by atoms with E-state index in [0.717, 1.165) is 5.01 Å². The number of hydroxylamine groups is 1. The van der Waals surface area contributed by atoms with Gasteiger partial charge in [-0.25, -0.2) is 20.7 Å². The van der Waals surface area contributed by atoms with Crippen LogP contribution in [0.5, 0.6) is 5.75 Å². The number of aromatic nitrogens is 1. The standard InChI is InChI=1S/C21H26N4O6/c1-21(2,3)18(16-9-8-15(27)11-22-16)17(12-26)25(20(29)30)23-10-13-4-6-14(7-5-13)19(28)24-31/h4-9,11-12,17-18,23,27,31H,10H2,1-3H3,(H,24,28)(H,29,30). The molecule has 2 amide bonds. The molecule has 0 aliphatic heterocycles. The fourth-order valence-corrected chi connectivity index (χ4v) is 3.32. The van der Waals surface area contributed by atoms with E-state index in [-0.39, 0.29) is 17.9 Å². The molecule has 5 N–H and O–H groups in total. The van der Waals surface area contributed by atoms with Crippen molar-refractivity contribution in [2.24, 2.45) is 5.41 Å². The summed E-state index contributed by atoms with van der Waals surface area (Å²) < 4.78 is 0. The maximum atomic E-state index is 12.1. The summed E-state index contributed by atoms with van der Waals surface area (Å²) >= 11 is 0. The smallest absolute Gasteiger partial charge is 0.422 e. The van der Waals surface area contributed by atoms with Gasteiger partial charge in [0.05, 0.1) is 6.20 Å². The summed E-state index contributed by atoms with van der Waals surface area (Å²) in [5.41, 5.74) is 5.11. The molecule has 2 unspecified atom stereocenters. The first-order valence-electron chi connectivity index (χ1n) is 9.47. The molecule has 10 heteroatoms. The number of aromatic hydroxyl groups is 1. The maximum Gasteiger partial charge on any atom is 0.422 e. The monoisotopic (exact) mass is 430 g/mol. The highest BCUT2D eigenvalue weighted by atomic mass is 16.5. The van der Waals surface area contributed by atoms with Crippen molar-refractivity contribution < 1.29 is 29.8 Å². The van der Waals surface area contributed by atoms with E-state index in [0.29, 0.717) is 17.5 Å². The first-order valence-corrected chi connectivity index (χ1v) is 9.47. The number of pyridine rings is 1. The van der Waals surface area contributed by atoms with Crippen LogP contribution in [0.1, 0.15) is 48.3 Å². The van der Waals surface area contributed by atoms with Gasteiger partial charge in [0, 0.05) is 23.7 Å². The Morgan fingerprint density at radius 3 is 2.26 bits per heavy atom. The van der Waals surface area contributed by atoms with Crippen molar-refractivity contribution in [3.8, 4) is 5.75 Å². The molecule has 2 aromatic rings. The molecule has 31 heavy (non-hydrogen) atoms. The van der Waals surface area contributed by atoms with Crippen molar-refractivity contribution in [2.45, 2.75) is 39.3 Å². The van der Waals surface area contributed by atoms with Crippen LogP contribution < -0.4 is 10.9 Å². The number of benzene rings is 1. The third-order valence-corrected chi connectivity index (χ3v) is 4.78. The summed E-state index contributed by atoms with van der Waals surface area (Å²) in [6.45, 7) is 5.67. The molecule has 0 bridgehead atoms. The second-order valence-corrected chi connectivity index (χ2v) is 8.04. The average Bonchev–Trinajstić information content (AvgIpc) is 2.72. The van der Waals surface area contributed by atoms with E-state index in [4.69, 9.17) is 5.21 Å². The second-order valence-electron chi connectivity index (χ2n) is 8.04. The van der Waals surface area contributed by atoms with E-state index in [9.17, 15) is 24.6 Å². The molecule has 166 valence electrons. The first-order chi connectivity index (χ1) is 14.6. The van der Waals surface area contributed by atoms with Crippen molar-refractivity contribution in [2.75, 3.05) is 0 Å². The number of carbonyl (C=O) groups is 3. The van der Waals surface area contributed by atoms with Crippen LogP contribution in [0, 0.1) is 5.41 Å². The van der Waals surface area contributed by atoms with E-state index < -0.39 is 29.4 Å². The zero-order valence-corrected chi connectivity index (χ0v) is 17.4. The average molecular weight is 430 g/mol. The van der Waals surface area contributed by atoms with Gasteiger partial charge in [0.2, 0.25) is 0 Å². The van der Waals surface area contributed by atoms with Gasteiger partial charge in [-0.1, -0.05) is 32.9 Å². The fourth-order valence-electron chi connectivity index (χ4n) is 3.32. The van der Waals surface area contributed by atoms with Gasteiger partial charge in [-0.3, -0.25) is 15.0 Å². The lowest BCUT2D eigenvalue weighted by Gasteiger charge is -2.38. The molecule has 0 spiro atoms. The van der Waals surface area contributed by atoms with Gasteiger partial charge in [-0.2, -0.15) is 0 Å². The van der Waals surface area contributed by atoms with E-state index in [2.05, 4.69) is 10.4 Å². The molecule has 0 fully saturated rings. The van der Waals surface area contributed by atoms with Crippen LogP contribution in [0.2, 0.25) is 0 Å². The molecule has 2 rings (SSSR count). The van der Waals surface area contributed by atoms with Crippen molar-refractivity contribution in [3.05, 3.63) is 59.4 Å². The SMILES string of the molecule is CC(C)(C)C(c1ccc(O)cn1)C(C=O)N(NCc1ccc(C(=O)NO)cc1)C(=O)O. The van der Waals surface area contributed by atoms with Gasteiger partial charge in [-0.05, 0) is 35.2 Å². The predicted octanol–water partition coefficient (Wildman–Crippen LogP) is 2.29. The highest BCUT2D eigenvalue weighted by molar-refractivity contribution is 5.93. The van der Waals surface area contributed by atoms with Crippen molar-refractivity contribution >= 4 is 18.3 Å². The Balaban J connectivity index is 2.29. The topological polar surface area (TPSA) is 152 Å². The molecular formula is C21H26N4O6. The van der Waals surface area contributed by atoms with E-state index in [1.165, 1.54) is 29.9 Å². The molecule has 1 aromatic carbocycles. The molecule has 1 aromatic heterocycles. The number of hydrogen-bond donors (Lipinski definition) is 5. The van der Waals surface area contributed by atoms with Gasteiger partial charge in [0.25, 0.3) is 5.91 Å². The fraction of sp³-hybridized carbons (Fsp3) is 0.333. The minimum absolute atomic E-state index is 0.0365.